The first kappa shape index (κ1) is 17.8. The number of benzene rings is 1. The molecule has 1 amide bonds. The summed E-state index contributed by atoms with van der Waals surface area (Å²) < 4.78 is 10.9. The second-order valence-corrected chi connectivity index (χ2v) is 6.72. The zero-order valence-electron chi connectivity index (χ0n) is 13.4. The van der Waals surface area contributed by atoms with E-state index >= 15 is 0 Å². The quantitative estimate of drug-likeness (QED) is 0.792. The molecule has 1 aliphatic carbocycles. The van der Waals surface area contributed by atoms with Gasteiger partial charge < -0.3 is 14.8 Å². The minimum absolute atomic E-state index is 0.185. The van der Waals surface area contributed by atoms with Crippen molar-refractivity contribution in [2.24, 2.45) is 5.92 Å². The van der Waals surface area contributed by atoms with Gasteiger partial charge in [0.1, 0.15) is 5.75 Å². The molecule has 2 rings (SSSR count). The summed E-state index contributed by atoms with van der Waals surface area (Å²) in [5.41, 5.74) is 0.372. The minimum Gasteiger partial charge on any atom is -0.496 e. The van der Waals surface area contributed by atoms with Crippen LogP contribution in [-0.2, 0) is 9.53 Å². The molecule has 1 aromatic carbocycles. The number of carbonyl (C=O) groups is 2. The van der Waals surface area contributed by atoms with Gasteiger partial charge in [-0.05, 0) is 52.9 Å². The highest BCUT2D eigenvalue weighted by Gasteiger charge is 2.23. The van der Waals surface area contributed by atoms with Crippen LogP contribution in [0.2, 0.25) is 0 Å². The summed E-state index contributed by atoms with van der Waals surface area (Å²) in [7, 11) is 1.55. The van der Waals surface area contributed by atoms with Gasteiger partial charge in [-0.25, -0.2) is 4.79 Å². The normalized spacial score (nSPS) is 20.7. The lowest BCUT2D eigenvalue weighted by molar-refractivity contribution is -0.125. The third-order valence-corrected chi connectivity index (χ3v) is 4.80. The van der Waals surface area contributed by atoms with Crippen molar-refractivity contribution in [1.82, 2.24) is 5.32 Å². The molecule has 0 heterocycles. The highest BCUT2D eigenvalue weighted by Crippen LogP contribution is 2.26. The van der Waals surface area contributed by atoms with Crippen LogP contribution in [0.1, 0.15) is 43.0 Å². The smallest absolute Gasteiger partial charge is 0.338 e. The predicted molar refractivity (Wildman–Crippen MR) is 90.5 cm³/mol. The van der Waals surface area contributed by atoms with Gasteiger partial charge in [-0.15, -0.1) is 0 Å². The fourth-order valence-electron chi connectivity index (χ4n) is 2.79. The van der Waals surface area contributed by atoms with Crippen LogP contribution >= 0.6 is 15.9 Å². The summed E-state index contributed by atoms with van der Waals surface area (Å²) in [6.45, 7) is 1.89. The molecule has 0 aromatic heterocycles. The Morgan fingerprint density at radius 2 is 2.04 bits per heavy atom. The second kappa shape index (κ2) is 8.34. The van der Waals surface area contributed by atoms with Crippen molar-refractivity contribution >= 4 is 27.8 Å². The van der Waals surface area contributed by atoms with Crippen molar-refractivity contribution < 1.29 is 19.1 Å². The van der Waals surface area contributed by atoms with Crippen LogP contribution in [0.25, 0.3) is 0 Å². The Balaban J connectivity index is 1.83. The molecule has 23 heavy (non-hydrogen) atoms. The molecule has 1 aliphatic rings. The van der Waals surface area contributed by atoms with E-state index in [0.29, 0.717) is 21.7 Å². The molecule has 0 saturated heterocycles. The third-order valence-electron chi connectivity index (χ3n) is 4.18. The van der Waals surface area contributed by atoms with E-state index < -0.39 is 5.97 Å². The predicted octanol–water partition coefficient (Wildman–Crippen LogP) is 3.31. The van der Waals surface area contributed by atoms with Gasteiger partial charge in [-0.2, -0.15) is 0 Å². The molecule has 0 spiro atoms. The van der Waals surface area contributed by atoms with E-state index in [0.717, 1.165) is 19.3 Å². The number of methoxy groups -OCH3 is 1. The van der Waals surface area contributed by atoms with E-state index in [2.05, 4.69) is 28.2 Å². The molecule has 1 fully saturated rings. The van der Waals surface area contributed by atoms with Gasteiger partial charge in [0.2, 0.25) is 0 Å². The molecule has 6 heteroatoms. The molecule has 5 nitrogen and oxygen atoms in total. The van der Waals surface area contributed by atoms with Crippen molar-refractivity contribution in [3.63, 3.8) is 0 Å². The summed E-state index contributed by atoms with van der Waals surface area (Å²) in [5, 5.41) is 2.96. The van der Waals surface area contributed by atoms with Gasteiger partial charge in [-0.3, -0.25) is 4.79 Å². The first-order valence-corrected chi connectivity index (χ1v) is 8.60. The van der Waals surface area contributed by atoms with Crippen molar-refractivity contribution in [1.29, 1.82) is 0 Å². The molecule has 126 valence electrons. The van der Waals surface area contributed by atoms with Crippen molar-refractivity contribution in [3.8, 4) is 5.75 Å². The summed E-state index contributed by atoms with van der Waals surface area (Å²) in [6, 6.07) is 5.07. The standard InChI is InChI=1S/C17H22BrNO4/c1-11-5-3-4-6-14(11)19-16(20)10-23-17(21)12-7-8-15(22-2)13(18)9-12/h7-9,11,14H,3-6,10H2,1-2H3,(H,19,20)/t11-,14+/m0/s1. The molecule has 2 atom stereocenters. The average Bonchev–Trinajstić information content (AvgIpc) is 2.54. The van der Waals surface area contributed by atoms with Gasteiger partial charge in [0.25, 0.3) is 5.91 Å². The molecule has 1 saturated carbocycles. The van der Waals surface area contributed by atoms with Crippen molar-refractivity contribution in [3.05, 3.63) is 28.2 Å². The lowest BCUT2D eigenvalue weighted by atomic mass is 9.86. The zero-order chi connectivity index (χ0) is 16.8. The first-order valence-electron chi connectivity index (χ1n) is 7.81. The topological polar surface area (TPSA) is 64.6 Å². The van der Waals surface area contributed by atoms with Crippen LogP contribution < -0.4 is 10.1 Å². The fraction of sp³-hybridized carbons (Fsp3) is 0.529. The molecule has 1 N–H and O–H groups in total. The number of rotatable bonds is 5. The Kier molecular flexibility index (Phi) is 6.45. The summed E-state index contributed by atoms with van der Waals surface area (Å²) in [5.74, 6) is 0.330. The fourth-order valence-corrected chi connectivity index (χ4v) is 3.33. The lowest BCUT2D eigenvalue weighted by Crippen LogP contribution is -2.42. The van der Waals surface area contributed by atoms with Crippen LogP contribution in [0.3, 0.4) is 0 Å². The van der Waals surface area contributed by atoms with Gasteiger partial charge in [0, 0.05) is 6.04 Å². The number of esters is 1. The van der Waals surface area contributed by atoms with Crippen molar-refractivity contribution in [2.75, 3.05) is 13.7 Å². The van der Waals surface area contributed by atoms with E-state index in [1.165, 1.54) is 6.42 Å². The van der Waals surface area contributed by atoms with E-state index in [1.807, 2.05) is 0 Å². The highest BCUT2D eigenvalue weighted by atomic mass is 79.9. The number of hydrogen-bond donors (Lipinski definition) is 1. The maximum atomic E-state index is 12.0. The van der Waals surface area contributed by atoms with E-state index in [1.54, 1.807) is 25.3 Å². The lowest BCUT2D eigenvalue weighted by Gasteiger charge is -2.29. The number of amides is 1. The summed E-state index contributed by atoms with van der Waals surface area (Å²) >= 11 is 3.32. The molecule has 1 aromatic rings. The Morgan fingerprint density at radius 1 is 1.30 bits per heavy atom. The Labute approximate surface area is 144 Å². The van der Waals surface area contributed by atoms with Gasteiger partial charge in [0.15, 0.2) is 6.61 Å². The summed E-state index contributed by atoms with van der Waals surface area (Å²) in [6.07, 6.45) is 4.47. The van der Waals surface area contributed by atoms with E-state index in [-0.39, 0.29) is 18.6 Å². The number of ether oxygens (including phenoxy) is 2. The van der Waals surface area contributed by atoms with Crippen LogP contribution in [0.5, 0.6) is 5.75 Å². The Hall–Kier alpha value is -1.56. The molecule has 0 unspecified atom stereocenters. The van der Waals surface area contributed by atoms with E-state index in [9.17, 15) is 9.59 Å². The highest BCUT2D eigenvalue weighted by molar-refractivity contribution is 9.10. The molecular formula is C17H22BrNO4. The van der Waals surface area contributed by atoms with Crippen LogP contribution in [0, 0.1) is 5.92 Å². The second-order valence-electron chi connectivity index (χ2n) is 5.86. The molecular weight excluding hydrogens is 362 g/mol. The van der Waals surface area contributed by atoms with Crippen LogP contribution in [-0.4, -0.2) is 31.6 Å². The number of nitrogens with one attached hydrogen (secondary N) is 1. The third kappa shape index (κ3) is 4.96. The number of hydrogen-bond acceptors (Lipinski definition) is 4. The monoisotopic (exact) mass is 383 g/mol. The molecule has 0 radical (unpaired) electrons. The largest absolute Gasteiger partial charge is 0.496 e. The number of halogens is 1. The molecule has 0 bridgehead atoms. The SMILES string of the molecule is COc1ccc(C(=O)OCC(=O)N[C@@H]2CCCC[C@@H]2C)cc1Br. The van der Waals surface area contributed by atoms with Crippen LogP contribution in [0.4, 0.5) is 0 Å². The first-order chi connectivity index (χ1) is 11.0. The minimum atomic E-state index is -0.528. The van der Waals surface area contributed by atoms with Crippen LogP contribution in [0.15, 0.2) is 22.7 Å². The van der Waals surface area contributed by atoms with Gasteiger partial charge >= 0.3 is 5.97 Å². The Bertz CT molecular complexity index is 576. The maximum absolute atomic E-state index is 12.0. The van der Waals surface area contributed by atoms with Crippen molar-refractivity contribution in [2.45, 2.75) is 38.6 Å². The zero-order valence-corrected chi connectivity index (χ0v) is 15.0. The number of carbonyl (C=O) groups excluding carboxylic acids is 2. The van der Waals surface area contributed by atoms with Gasteiger partial charge in [0.05, 0.1) is 17.1 Å². The maximum Gasteiger partial charge on any atom is 0.338 e. The van der Waals surface area contributed by atoms with Gasteiger partial charge in [-0.1, -0.05) is 19.8 Å². The Morgan fingerprint density at radius 3 is 2.70 bits per heavy atom. The summed E-state index contributed by atoms with van der Waals surface area (Å²) in [4.78, 5) is 23.9. The molecule has 0 aliphatic heterocycles. The van der Waals surface area contributed by atoms with E-state index in [4.69, 9.17) is 9.47 Å². The average molecular weight is 384 g/mol.